The van der Waals surface area contributed by atoms with Gasteiger partial charge in [-0.15, -0.1) is 0 Å². The predicted octanol–water partition coefficient (Wildman–Crippen LogP) is 11.4. The van der Waals surface area contributed by atoms with Crippen LogP contribution in [0.25, 0.3) is 0 Å². The number of hydrogen-bond acceptors (Lipinski definition) is 10. The molecule has 0 aliphatic carbocycles. The molecule has 0 saturated carbocycles. The van der Waals surface area contributed by atoms with Crippen LogP contribution in [-0.4, -0.2) is 88.4 Å². The molecule has 0 amide bonds. The van der Waals surface area contributed by atoms with E-state index in [4.69, 9.17) is 18.9 Å². The SMILES string of the molecule is CCCCCCCCCCCCCCCCCCCCCCC(=O)OCC(COC1OC(C(=O)O)C(O)C(O)C1O)OC(=O)CCCCCCCCCCCCCCCC. The Morgan fingerprint density at radius 1 is 0.450 bits per heavy atom. The van der Waals surface area contributed by atoms with Gasteiger partial charge in [0, 0.05) is 12.8 Å². The van der Waals surface area contributed by atoms with Crippen molar-refractivity contribution in [3.63, 3.8) is 0 Å². The van der Waals surface area contributed by atoms with E-state index in [1.807, 2.05) is 0 Å². The lowest BCUT2D eigenvalue weighted by molar-refractivity contribution is -0.298. The van der Waals surface area contributed by atoms with E-state index in [1.54, 1.807) is 0 Å². The Labute approximate surface area is 365 Å². The Hall–Kier alpha value is -1.79. The molecule has 1 saturated heterocycles. The number of aliphatic carboxylic acids is 1. The van der Waals surface area contributed by atoms with Gasteiger partial charge < -0.3 is 39.4 Å². The van der Waals surface area contributed by atoms with Crippen LogP contribution in [0.5, 0.6) is 0 Å². The normalized spacial score (nSPS) is 19.6. The van der Waals surface area contributed by atoms with E-state index in [0.717, 1.165) is 38.5 Å². The van der Waals surface area contributed by atoms with Crippen molar-refractivity contribution in [3.8, 4) is 0 Å². The molecule has 0 aromatic rings. The largest absolute Gasteiger partial charge is 0.479 e. The standard InChI is InChI=1S/C49H92O11/c1-3-5-7-9-11-13-15-17-19-20-21-22-23-24-26-27-29-31-33-35-37-42(50)57-39-41(40-58-49-46(54)44(52)45(53)47(60-49)48(55)56)59-43(51)38-36-34-32-30-28-25-18-16-14-12-10-8-6-4-2/h41,44-47,49,52-54H,3-40H2,1-2H3,(H,55,56). The molecular formula is C49H92O11. The molecule has 1 aliphatic rings. The maximum Gasteiger partial charge on any atom is 0.335 e. The van der Waals surface area contributed by atoms with Crippen molar-refractivity contribution >= 4 is 17.9 Å². The third kappa shape index (κ3) is 31.1. The molecule has 0 aromatic carbocycles. The van der Waals surface area contributed by atoms with Gasteiger partial charge in [-0.05, 0) is 12.8 Å². The fraction of sp³-hybridized carbons (Fsp3) is 0.939. The summed E-state index contributed by atoms with van der Waals surface area (Å²) in [6, 6.07) is 0. The Morgan fingerprint density at radius 2 is 0.783 bits per heavy atom. The summed E-state index contributed by atoms with van der Waals surface area (Å²) in [6.45, 7) is 3.85. The first-order chi connectivity index (χ1) is 29.2. The first-order valence-corrected chi connectivity index (χ1v) is 25.1. The number of rotatable bonds is 43. The van der Waals surface area contributed by atoms with Crippen molar-refractivity contribution in [3.05, 3.63) is 0 Å². The van der Waals surface area contributed by atoms with Crippen molar-refractivity contribution in [2.24, 2.45) is 0 Å². The fourth-order valence-corrected chi connectivity index (χ4v) is 8.00. The maximum absolute atomic E-state index is 12.8. The van der Waals surface area contributed by atoms with Crippen molar-refractivity contribution in [2.45, 2.75) is 282 Å². The Morgan fingerprint density at radius 3 is 1.13 bits per heavy atom. The topological polar surface area (TPSA) is 169 Å². The molecule has 1 heterocycles. The van der Waals surface area contributed by atoms with E-state index in [9.17, 15) is 34.8 Å². The molecule has 60 heavy (non-hydrogen) atoms. The van der Waals surface area contributed by atoms with Gasteiger partial charge in [-0.25, -0.2) is 4.79 Å². The molecule has 1 fully saturated rings. The van der Waals surface area contributed by atoms with Crippen LogP contribution in [0.2, 0.25) is 0 Å². The number of esters is 2. The number of carboxylic acid groups (broad SMARTS) is 1. The number of carboxylic acids is 1. The minimum absolute atomic E-state index is 0.191. The summed E-state index contributed by atoms with van der Waals surface area (Å²) in [5, 5.41) is 39.9. The summed E-state index contributed by atoms with van der Waals surface area (Å²) in [5.74, 6) is -2.42. The highest BCUT2D eigenvalue weighted by atomic mass is 16.7. The predicted molar refractivity (Wildman–Crippen MR) is 239 cm³/mol. The van der Waals surface area contributed by atoms with Crippen LogP contribution in [0.1, 0.15) is 245 Å². The number of aliphatic hydroxyl groups excluding tert-OH is 3. The van der Waals surface area contributed by atoms with Crippen LogP contribution >= 0.6 is 0 Å². The first-order valence-electron chi connectivity index (χ1n) is 25.1. The minimum Gasteiger partial charge on any atom is -0.479 e. The number of hydrogen-bond donors (Lipinski definition) is 4. The van der Waals surface area contributed by atoms with Crippen molar-refractivity contribution in [2.75, 3.05) is 13.2 Å². The zero-order valence-corrected chi connectivity index (χ0v) is 38.5. The Bertz CT molecular complexity index is 1010. The van der Waals surface area contributed by atoms with Crippen LogP contribution in [0, 0.1) is 0 Å². The smallest absolute Gasteiger partial charge is 0.335 e. The van der Waals surface area contributed by atoms with Gasteiger partial charge in [-0.1, -0.05) is 219 Å². The second-order valence-corrected chi connectivity index (χ2v) is 17.7. The Kier molecular flexibility index (Phi) is 37.5. The van der Waals surface area contributed by atoms with Crippen LogP contribution in [0.3, 0.4) is 0 Å². The molecule has 11 nitrogen and oxygen atoms in total. The zero-order valence-electron chi connectivity index (χ0n) is 38.5. The van der Waals surface area contributed by atoms with Gasteiger partial charge in [0.05, 0.1) is 6.61 Å². The van der Waals surface area contributed by atoms with Gasteiger partial charge in [-0.3, -0.25) is 9.59 Å². The average Bonchev–Trinajstić information content (AvgIpc) is 3.23. The van der Waals surface area contributed by atoms with E-state index in [0.29, 0.717) is 12.8 Å². The third-order valence-corrected chi connectivity index (χ3v) is 12.0. The van der Waals surface area contributed by atoms with Crippen molar-refractivity contribution < 1.29 is 53.8 Å². The average molecular weight is 857 g/mol. The van der Waals surface area contributed by atoms with Gasteiger partial charge in [0.2, 0.25) is 0 Å². The quantitative estimate of drug-likeness (QED) is 0.0340. The Balaban J connectivity index is 2.27. The molecule has 1 rings (SSSR count). The van der Waals surface area contributed by atoms with E-state index >= 15 is 0 Å². The zero-order chi connectivity index (χ0) is 43.9. The molecule has 0 bridgehead atoms. The number of carbonyl (C=O) groups is 3. The van der Waals surface area contributed by atoms with Gasteiger partial charge >= 0.3 is 17.9 Å². The molecule has 6 atom stereocenters. The molecular weight excluding hydrogens is 765 g/mol. The maximum atomic E-state index is 12.8. The summed E-state index contributed by atoms with van der Waals surface area (Å²) < 4.78 is 21.8. The highest BCUT2D eigenvalue weighted by Gasteiger charge is 2.47. The molecule has 0 aromatic heterocycles. The van der Waals surface area contributed by atoms with Gasteiger partial charge in [-0.2, -0.15) is 0 Å². The third-order valence-electron chi connectivity index (χ3n) is 12.0. The highest BCUT2D eigenvalue weighted by Crippen LogP contribution is 2.23. The van der Waals surface area contributed by atoms with E-state index in [1.165, 1.54) is 167 Å². The fourth-order valence-electron chi connectivity index (χ4n) is 8.00. The second kappa shape index (κ2) is 40.0. The second-order valence-electron chi connectivity index (χ2n) is 17.7. The minimum atomic E-state index is -1.86. The van der Waals surface area contributed by atoms with Crippen LogP contribution in [0.15, 0.2) is 0 Å². The van der Waals surface area contributed by atoms with Crippen LogP contribution in [0.4, 0.5) is 0 Å². The number of aliphatic hydroxyl groups is 3. The van der Waals surface area contributed by atoms with Crippen LogP contribution in [-0.2, 0) is 33.3 Å². The molecule has 354 valence electrons. The summed E-state index contributed by atoms with van der Waals surface area (Å²) in [7, 11) is 0. The number of carbonyl (C=O) groups excluding carboxylic acids is 2. The highest BCUT2D eigenvalue weighted by molar-refractivity contribution is 5.73. The molecule has 0 radical (unpaired) electrons. The molecule has 11 heteroatoms. The summed E-state index contributed by atoms with van der Waals surface area (Å²) >= 11 is 0. The molecule has 1 aliphatic heterocycles. The summed E-state index contributed by atoms with van der Waals surface area (Å²) in [5.41, 5.74) is 0. The van der Waals surface area contributed by atoms with Gasteiger partial charge in [0.15, 0.2) is 18.5 Å². The lowest BCUT2D eigenvalue weighted by Gasteiger charge is -2.38. The van der Waals surface area contributed by atoms with E-state index < -0.39 is 54.7 Å². The van der Waals surface area contributed by atoms with Gasteiger partial charge in [0.25, 0.3) is 0 Å². The molecule has 6 unspecified atom stereocenters. The van der Waals surface area contributed by atoms with Gasteiger partial charge in [0.1, 0.15) is 24.9 Å². The molecule has 4 N–H and O–H groups in total. The first kappa shape index (κ1) is 56.2. The van der Waals surface area contributed by atoms with E-state index in [-0.39, 0.29) is 26.1 Å². The lowest BCUT2D eigenvalue weighted by Crippen LogP contribution is -2.60. The number of unbranched alkanes of at least 4 members (excludes halogenated alkanes) is 32. The lowest BCUT2D eigenvalue weighted by atomic mass is 9.99. The summed E-state index contributed by atoms with van der Waals surface area (Å²) in [4.78, 5) is 36.9. The van der Waals surface area contributed by atoms with Crippen molar-refractivity contribution in [1.29, 1.82) is 0 Å². The molecule has 0 spiro atoms. The summed E-state index contributed by atoms with van der Waals surface area (Å²) in [6.07, 6.45) is 33.0. The van der Waals surface area contributed by atoms with Crippen LogP contribution < -0.4 is 0 Å². The van der Waals surface area contributed by atoms with Crippen molar-refractivity contribution in [1.82, 2.24) is 0 Å². The monoisotopic (exact) mass is 857 g/mol. The number of ether oxygens (including phenoxy) is 4. The van der Waals surface area contributed by atoms with E-state index in [2.05, 4.69) is 13.8 Å².